The Hall–Kier alpha value is -4.54. The van der Waals surface area contributed by atoms with Crippen LogP contribution < -0.4 is 19.7 Å². The highest BCUT2D eigenvalue weighted by Gasteiger charge is 2.38. The van der Waals surface area contributed by atoms with Crippen molar-refractivity contribution in [1.82, 2.24) is 19.7 Å². The van der Waals surface area contributed by atoms with Crippen LogP contribution in [0.25, 0.3) is 11.0 Å². The second-order valence-electron chi connectivity index (χ2n) is 15.7. The first kappa shape index (κ1) is 47.0. The first-order chi connectivity index (χ1) is 29.9. The minimum absolute atomic E-state index is 0.00512. The van der Waals surface area contributed by atoms with E-state index >= 15 is 0 Å². The average Bonchev–Trinajstić information content (AvgIpc) is 3.88. The van der Waals surface area contributed by atoms with Gasteiger partial charge in [-0.1, -0.05) is 149 Å². The van der Waals surface area contributed by atoms with Crippen LogP contribution in [0.1, 0.15) is 108 Å². The van der Waals surface area contributed by atoms with E-state index in [0.29, 0.717) is 36.1 Å². The molecule has 0 saturated carbocycles. The van der Waals surface area contributed by atoms with Crippen molar-refractivity contribution in [3.05, 3.63) is 101 Å². The number of para-hydroxylation sites is 2. The van der Waals surface area contributed by atoms with Crippen LogP contribution in [0.2, 0.25) is 10.0 Å². The lowest BCUT2D eigenvalue weighted by molar-refractivity contribution is -0.130. The molecule has 17 heteroatoms. The third-order valence-electron chi connectivity index (χ3n) is 11.1. The van der Waals surface area contributed by atoms with E-state index in [1.807, 2.05) is 24.3 Å². The molecule has 0 spiro atoms. The standard InChI is InChI=1S/C45H55Cl2N7O6S2/c1-2-3-4-5-6-7-8-9-10-11-12-13-14-19-29-48-61(57,58)34-24-27-37(47)40(32-34)51-62(59,60)35-25-26-36(46)39(31-35)49-44(55)43(54-42-23-18-16-21-38(42)50-52-54)45(56)53-30-28-33-20-15-17-22-41(33)53/h15-18,20-27,31-32,43,48,51H,2-14,19,28-30H2,1H3,(H,49,55). The molecule has 2 amide bonds. The molecule has 0 fully saturated rings. The third kappa shape index (κ3) is 12.1. The highest BCUT2D eigenvalue weighted by molar-refractivity contribution is 7.92. The molecule has 5 aromatic rings. The smallest absolute Gasteiger partial charge is 0.262 e. The molecule has 1 aromatic heterocycles. The third-order valence-corrected chi connectivity index (χ3v) is 14.6. The van der Waals surface area contributed by atoms with E-state index < -0.39 is 37.9 Å². The molecule has 13 nitrogen and oxygen atoms in total. The summed E-state index contributed by atoms with van der Waals surface area (Å²) >= 11 is 12.9. The predicted octanol–water partition coefficient (Wildman–Crippen LogP) is 10.1. The van der Waals surface area contributed by atoms with Crippen molar-refractivity contribution in [2.75, 3.05) is 28.0 Å². The van der Waals surface area contributed by atoms with Crippen LogP contribution >= 0.6 is 23.2 Å². The highest BCUT2D eigenvalue weighted by Crippen LogP contribution is 2.33. The number of fused-ring (bicyclic) bond motifs is 2. The van der Waals surface area contributed by atoms with Crippen LogP contribution in [0.5, 0.6) is 0 Å². The molecular formula is C45H55Cl2N7O6S2. The zero-order chi connectivity index (χ0) is 44.1. The minimum Gasteiger partial charge on any atom is -0.322 e. The van der Waals surface area contributed by atoms with Gasteiger partial charge in [-0.05, 0) is 73.0 Å². The Morgan fingerprint density at radius 3 is 1.94 bits per heavy atom. The Kier molecular flexibility index (Phi) is 16.8. The second kappa shape index (κ2) is 22.2. The van der Waals surface area contributed by atoms with Gasteiger partial charge in [0.1, 0.15) is 5.52 Å². The number of unbranched alkanes of at least 4 members (excludes halogenated alkanes) is 13. The Morgan fingerprint density at radius 2 is 1.26 bits per heavy atom. The average molecular weight is 925 g/mol. The first-order valence-corrected chi connectivity index (χ1v) is 25.2. The molecular weight excluding hydrogens is 870 g/mol. The lowest BCUT2D eigenvalue weighted by Gasteiger charge is -2.24. The number of benzene rings is 4. The van der Waals surface area contributed by atoms with Gasteiger partial charge in [0, 0.05) is 18.8 Å². The molecule has 1 aliphatic heterocycles. The van der Waals surface area contributed by atoms with Crippen molar-refractivity contribution in [1.29, 1.82) is 0 Å². The van der Waals surface area contributed by atoms with Gasteiger partial charge in [0.2, 0.25) is 16.1 Å². The summed E-state index contributed by atoms with van der Waals surface area (Å²) in [5.41, 5.74) is 2.27. The van der Waals surface area contributed by atoms with E-state index in [2.05, 4.69) is 32.0 Å². The van der Waals surface area contributed by atoms with Gasteiger partial charge in [0.05, 0.1) is 36.7 Å². The highest BCUT2D eigenvalue weighted by atomic mass is 35.5. The fourth-order valence-electron chi connectivity index (χ4n) is 7.65. The summed E-state index contributed by atoms with van der Waals surface area (Å²) in [6.45, 7) is 2.82. The van der Waals surface area contributed by atoms with Gasteiger partial charge in [0.15, 0.2) is 0 Å². The van der Waals surface area contributed by atoms with E-state index in [4.69, 9.17) is 23.2 Å². The lowest BCUT2D eigenvalue weighted by atomic mass is 10.0. The molecule has 1 atom stereocenters. The zero-order valence-electron chi connectivity index (χ0n) is 35.0. The maximum atomic E-state index is 14.3. The summed E-state index contributed by atoms with van der Waals surface area (Å²) in [5, 5.41) is 10.9. The minimum atomic E-state index is -4.43. The van der Waals surface area contributed by atoms with Gasteiger partial charge >= 0.3 is 0 Å². The summed E-state index contributed by atoms with van der Waals surface area (Å²) in [6, 6.07) is 20.2. The number of hydrogen-bond donors (Lipinski definition) is 3. The first-order valence-electron chi connectivity index (χ1n) is 21.5. The Balaban J connectivity index is 1.07. The monoisotopic (exact) mass is 923 g/mol. The number of sulfonamides is 2. The molecule has 332 valence electrons. The van der Waals surface area contributed by atoms with Crippen molar-refractivity contribution in [3.63, 3.8) is 0 Å². The van der Waals surface area contributed by atoms with Crippen molar-refractivity contribution < 1.29 is 26.4 Å². The fourth-order valence-corrected chi connectivity index (χ4v) is 10.2. The molecule has 0 bridgehead atoms. The van der Waals surface area contributed by atoms with Gasteiger partial charge < -0.3 is 10.2 Å². The fraction of sp³-hybridized carbons (Fsp3) is 0.422. The van der Waals surface area contributed by atoms with Gasteiger partial charge in [-0.3, -0.25) is 14.3 Å². The number of carbonyl (C=O) groups is 2. The van der Waals surface area contributed by atoms with Crippen LogP contribution in [0, 0.1) is 0 Å². The summed E-state index contributed by atoms with van der Waals surface area (Å²) in [7, 11) is -8.42. The van der Waals surface area contributed by atoms with E-state index in [1.54, 1.807) is 24.3 Å². The van der Waals surface area contributed by atoms with Gasteiger partial charge in [-0.2, -0.15) is 0 Å². The molecule has 1 aliphatic rings. The second-order valence-corrected chi connectivity index (χ2v) is 19.9. The number of rotatable bonds is 24. The molecule has 1 unspecified atom stereocenters. The van der Waals surface area contributed by atoms with Crippen LogP contribution in [0.3, 0.4) is 0 Å². The van der Waals surface area contributed by atoms with Gasteiger partial charge in [0.25, 0.3) is 21.8 Å². The molecule has 62 heavy (non-hydrogen) atoms. The lowest BCUT2D eigenvalue weighted by Crippen LogP contribution is -2.42. The molecule has 6 rings (SSSR count). The van der Waals surface area contributed by atoms with Crippen LogP contribution in [0.15, 0.2) is 94.7 Å². The number of amides is 2. The Labute approximate surface area is 375 Å². The Morgan fingerprint density at radius 1 is 0.694 bits per heavy atom. The van der Waals surface area contributed by atoms with E-state index in [9.17, 15) is 26.4 Å². The van der Waals surface area contributed by atoms with Crippen molar-refractivity contribution in [3.8, 4) is 0 Å². The van der Waals surface area contributed by atoms with Crippen LogP contribution in [0.4, 0.5) is 17.1 Å². The van der Waals surface area contributed by atoms with E-state index in [0.717, 1.165) is 37.0 Å². The van der Waals surface area contributed by atoms with Crippen molar-refractivity contribution >= 4 is 83.2 Å². The van der Waals surface area contributed by atoms with E-state index in [1.165, 1.54) is 98.1 Å². The molecule has 0 aliphatic carbocycles. The zero-order valence-corrected chi connectivity index (χ0v) is 38.1. The SMILES string of the molecule is CCCCCCCCCCCCCCCCNS(=O)(=O)c1ccc(Cl)c(NS(=O)(=O)c2ccc(Cl)c(NC(=O)C(C(=O)N3CCc4ccccc43)n3nnc4ccccc43)c2)c1. The molecule has 2 heterocycles. The van der Waals surface area contributed by atoms with Gasteiger partial charge in [-0.15, -0.1) is 5.10 Å². The maximum absolute atomic E-state index is 14.3. The van der Waals surface area contributed by atoms with Crippen molar-refractivity contribution in [2.45, 2.75) is 119 Å². The number of halogens is 2. The molecule has 0 saturated heterocycles. The number of nitrogens with zero attached hydrogens (tertiary/aromatic N) is 4. The number of hydrogen-bond acceptors (Lipinski definition) is 8. The van der Waals surface area contributed by atoms with Gasteiger partial charge in [-0.25, -0.2) is 26.2 Å². The Bertz CT molecular complexity index is 2550. The normalized spacial score (nSPS) is 13.3. The molecule has 3 N–H and O–H groups in total. The number of anilines is 3. The maximum Gasteiger partial charge on any atom is 0.262 e. The largest absolute Gasteiger partial charge is 0.322 e. The molecule has 0 radical (unpaired) electrons. The van der Waals surface area contributed by atoms with Crippen LogP contribution in [-0.2, 0) is 36.1 Å². The van der Waals surface area contributed by atoms with Crippen LogP contribution in [-0.4, -0.2) is 56.7 Å². The quantitative estimate of drug-likeness (QED) is 0.0405. The van der Waals surface area contributed by atoms with E-state index in [-0.39, 0.29) is 37.8 Å². The summed E-state index contributed by atoms with van der Waals surface area (Å²) in [5.74, 6) is -1.40. The topological polar surface area (TPSA) is 172 Å². The molecule has 4 aromatic carbocycles. The summed E-state index contributed by atoms with van der Waals surface area (Å²) in [4.78, 5) is 29.5. The predicted molar refractivity (Wildman–Crippen MR) is 247 cm³/mol. The number of carbonyl (C=O) groups excluding carboxylic acids is 2. The van der Waals surface area contributed by atoms with Crippen molar-refractivity contribution in [2.24, 2.45) is 0 Å². The number of nitrogens with one attached hydrogen (secondary N) is 3. The number of aromatic nitrogens is 3. The summed E-state index contributed by atoms with van der Waals surface area (Å²) in [6.07, 6.45) is 17.3. The summed E-state index contributed by atoms with van der Waals surface area (Å²) < 4.78 is 60.3.